The number of hydrogen-bond acceptors (Lipinski definition) is 6. The van der Waals surface area contributed by atoms with Crippen LogP contribution in [0.25, 0.3) is 10.2 Å². The summed E-state index contributed by atoms with van der Waals surface area (Å²) in [5.74, 6) is 0.378. The highest BCUT2D eigenvalue weighted by Crippen LogP contribution is 2.24. The standard InChI is InChI=1S/C5H5N5S/c6-2-1-8-5(7)3-4(2)11-10-9-3/h1H,6H2,(H2,7,8). The van der Waals surface area contributed by atoms with E-state index in [0.29, 0.717) is 17.0 Å². The highest BCUT2D eigenvalue weighted by molar-refractivity contribution is 7.13. The van der Waals surface area contributed by atoms with Crippen LogP contribution >= 0.6 is 11.5 Å². The normalized spacial score (nSPS) is 10.5. The van der Waals surface area contributed by atoms with Crippen molar-refractivity contribution in [3.63, 3.8) is 0 Å². The van der Waals surface area contributed by atoms with Crippen molar-refractivity contribution in [1.82, 2.24) is 14.6 Å². The SMILES string of the molecule is Nc1ncc(N)c2snnc12. The molecule has 11 heavy (non-hydrogen) atoms. The van der Waals surface area contributed by atoms with Gasteiger partial charge in [0.05, 0.1) is 11.9 Å². The Hall–Kier alpha value is -1.43. The van der Waals surface area contributed by atoms with Crippen LogP contribution in [-0.4, -0.2) is 14.6 Å². The van der Waals surface area contributed by atoms with Gasteiger partial charge in [0.25, 0.3) is 0 Å². The summed E-state index contributed by atoms with van der Waals surface area (Å²) in [5, 5.41) is 3.78. The predicted molar refractivity (Wildman–Crippen MR) is 44.0 cm³/mol. The molecule has 0 saturated heterocycles. The summed E-state index contributed by atoms with van der Waals surface area (Å²) in [5.41, 5.74) is 12.3. The van der Waals surface area contributed by atoms with Crippen LogP contribution in [0.2, 0.25) is 0 Å². The molecule has 0 aliphatic carbocycles. The molecule has 0 aliphatic heterocycles. The van der Waals surface area contributed by atoms with Gasteiger partial charge in [-0.1, -0.05) is 4.49 Å². The van der Waals surface area contributed by atoms with Gasteiger partial charge in [0.15, 0.2) is 5.82 Å². The zero-order valence-corrected chi connectivity index (χ0v) is 6.30. The van der Waals surface area contributed by atoms with Crippen molar-refractivity contribution in [3.8, 4) is 0 Å². The summed E-state index contributed by atoms with van der Waals surface area (Å²) < 4.78 is 4.52. The van der Waals surface area contributed by atoms with E-state index >= 15 is 0 Å². The smallest absolute Gasteiger partial charge is 0.152 e. The first-order chi connectivity index (χ1) is 5.29. The summed E-state index contributed by atoms with van der Waals surface area (Å²) in [6.45, 7) is 0. The fraction of sp³-hybridized carbons (Fsp3) is 0. The Balaban J connectivity index is 2.96. The van der Waals surface area contributed by atoms with E-state index in [4.69, 9.17) is 11.5 Å². The van der Waals surface area contributed by atoms with Gasteiger partial charge in [-0.05, 0) is 11.5 Å². The molecular formula is C5H5N5S. The van der Waals surface area contributed by atoms with E-state index in [1.807, 2.05) is 0 Å². The highest BCUT2D eigenvalue weighted by Gasteiger charge is 2.05. The van der Waals surface area contributed by atoms with Crippen LogP contribution in [0.1, 0.15) is 0 Å². The van der Waals surface area contributed by atoms with E-state index in [9.17, 15) is 0 Å². The van der Waals surface area contributed by atoms with Crippen LogP contribution in [0.5, 0.6) is 0 Å². The summed E-state index contributed by atoms with van der Waals surface area (Å²) in [4.78, 5) is 3.84. The minimum absolute atomic E-state index is 0.378. The third-order valence-electron chi connectivity index (χ3n) is 1.34. The van der Waals surface area contributed by atoms with E-state index in [1.165, 1.54) is 17.7 Å². The average molecular weight is 167 g/mol. The summed E-state index contributed by atoms with van der Waals surface area (Å²) in [7, 11) is 0. The van der Waals surface area contributed by atoms with Gasteiger partial charge >= 0.3 is 0 Å². The lowest BCUT2D eigenvalue weighted by atomic mass is 10.4. The van der Waals surface area contributed by atoms with Gasteiger partial charge in [0.2, 0.25) is 0 Å². The summed E-state index contributed by atoms with van der Waals surface area (Å²) in [6, 6.07) is 0. The van der Waals surface area contributed by atoms with E-state index in [0.717, 1.165) is 4.70 Å². The molecule has 4 N–H and O–H groups in total. The molecule has 2 rings (SSSR count). The second kappa shape index (κ2) is 2.03. The number of nitrogens with two attached hydrogens (primary N) is 2. The zero-order valence-electron chi connectivity index (χ0n) is 5.48. The predicted octanol–water partition coefficient (Wildman–Crippen LogP) is 0.251. The number of nitrogen functional groups attached to an aromatic ring is 2. The molecule has 0 radical (unpaired) electrons. The number of fused-ring (bicyclic) bond motifs is 1. The van der Waals surface area contributed by atoms with Crippen molar-refractivity contribution in [2.75, 3.05) is 11.5 Å². The molecule has 5 nitrogen and oxygen atoms in total. The van der Waals surface area contributed by atoms with Crippen molar-refractivity contribution in [2.45, 2.75) is 0 Å². The average Bonchev–Trinajstić information content (AvgIpc) is 2.45. The first-order valence-electron chi connectivity index (χ1n) is 2.91. The van der Waals surface area contributed by atoms with Crippen LogP contribution in [0.3, 0.4) is 0 Å². The van der Waals surface area contributed by atoms with Crippen molar-refractivity contribution < 1.29 is 0 Å². The minimum Gasteiger partial charge on any atom is -0.396 e. The van der Waals surface area contributed by atoms with Crippen molar-refractivity contribution >= 4 is 33.3 Å². The second-order valence-corrected chi connectivity index (χ2v) is 2.80. The van der Waals surface area contributed by atoms with Crippen LogP contribution in [0, 0.1) is 0 Å². The van der Waals surface area contributed by atoms with Gasteiger partial charge in [-0.15, -0.1) is 5.10 Å². The molecule has 2 heterocycles. The molecule has 2 aromatic rings. The Morgan fingerprint density at radius 1 is 1.36 bits per heavy atom. The van der Waals surface area contributed by atoms with Crippen LogP contribution in [0.15, 0.2) is 6.20 Å². The number of pyridine rings is 1. The van der Waals surface area contributed by atoms with Crippen LogP contribution in [0.4, 0.5) is 11.5 Å². The largest absolute Gasteiger partial charge is 0.396 e. The molecule has 56 valence electrons. The molecule has 0 atom stereocenters. The number of aromatic nitrogens is 3. The van der Waals surface area contributed by atoms with Gasteiger partial charge in [-0.2, -0.15) is 0 Å². The Morgan fingerprint density at radius 3 is 2.91 bits per heavy atom. The van der Waals surface area contributed by atoms with Gasteiger partial charge in [-0.25, -0.2) is 4.98 Å². The second-order valence-electron chi connectivity index (χ2n) is 2.05. The molecule has 0 aromatic carbocycles. The van der Waals surface area contributed by atoms with E-state index in [1.54, 1.807) is 0 Å². The summed E-state index contributed by atoms with van der Waals surface area (Å²) in [6.07, 6.45) is 1.51. The van der Waals surface area contributed by atoms with Crippen molar-refractivity contribution in [1.29, 1.82) is 0 Å². The molecule has 0 spiro atoms. The maximum Gasteiger partial charge on any atom is 0.152 e. The first-order valence-corrected chi connectivity index (χ1v) is 3.68. The Morgan fingerprint density at radius 2 is 2.18 bits per heavy atom. The lowest BCUT2D eigenvalue weighted by molar-refractivity contribution is 1.19. The van der Waals surface area contributed by atoms with Gasteiger partial charge < -0.3 is 11.5 Å². The lowest BCUT2D eigenvalue weighted by Crippen LogP contribution is -1.94. The fourth-order valence-electron chi connectivity index (χ4n) is 0.807. The van der Waals surface area contributed by atoms with Gasteiger partial charge in [0, 0.05) is 0 Å². The maximum absolute atomic E-state index is 5.58. The third-order valence-corrected chi connectivity index (χ3v) is 2.11. The molecule has 0 unspecified atom stereocenters. The van der Waals surface area contributed by atoms with E-state index < -0.39 is 0 Å². The Labute approximate surface area is 66.2 Å². The van der Waals surface area contributed by atoms with Crippen LogP contribution < -0.4 is 11.5 Å². The first kappa shape index (κ1) is 6.29. The fourth-order valence-corrected chi connectivity index (χ4v) is 1.40. The molecule has 0 saturated carbocycles. The molecule has 2 aromatic heterocycles. The zero-order chi connectivity index (χ0) is 7.84. The van der Waals surface area contributed by atoms with Crippen molar-refractivity contribution in [3.05, 3.63) is 6.20 Å². The number of anilines is 2. The van der Waals surface area contributed by atoms with Crippen molar-refractivity contribution in [2.24, 2.45) is 0 Å². The molecule has 0 fully saturated rings. The molecule has 0 aliphatic rings. The summed E-state index contributed by atoms with van der Waals surface area (Å²) >= 11 is 1.22. The molecule has 6 heteroatoms. The Kier molecular flexibility index (Phi) is 1.16. The van der Waals surface area contributed by atoms with Gasteiger partial charge in [0.1, 0.15) is 10.2 Å². The van der Waals surface area contributed by atoms with E-state index in [-0.39, 0.29) is 0 Å². The molecule has 0 bridgehead atoms. The number of hydrogen-bond donors (Lipinski definition) is 2. The third kappa shape index (κ3) is 0.795. The quantitative estimate of drug-likeness (QED) is 0.587. The van der Waals surface area contributed by atoms with Crippen LogP contribution in [-0.2, 0) is 0 Å². The number of nitrogens with zero attached hydrogens (tertiary/aromatic N) is 3. The monoisotopic (exact) mass is 167 g/mol. The highest BCUT2D eigenvalue weighted by atomic mass is 32.1. The lowest BCUT2D eigenvalue weighted by Gasteiger charge is -1.94. The topological polar surface area (TPSA) is 90.7 Å². The maximum atomic E-state index is 5.58. The number of rotatable bonds is 0. The van der Waals surface area contributed by atoms with Gasteiger partial charge in [-0.3, -0.25) is 0 Å². The van der Waals surface area contributed by atoms with E-state index in [2.05, 4.69) is 14.6 Å². The Bertz CT molecular complexity index is 359. The molecular weight excluding hydrogens is 162 g/mol. The molecule has 0 amide bonds. The minimum atomic E-state index is 0.378.